The molecular formula is C15H17F3N4O. The molecule has 2 aromatic rings. The molecule has 0 aliphatic rings. The van der Waals surface area contributed by atoms with E-state index in [1.807, 2.05) is 12.2 Å². The van der Waals surface area contributed by atoms with Crippen molar-refractivity contribution in [2.24, 2.45) is 0 Å². The summed E-state index contributed by atoms with van der Waals surface area (Å²) in [6, 6.07) is 2.02. The normalized spacial score (nSPS) is 12.9. The number of carbonyl (C=O) groups excluding carboxylic acids is 1. The number of alkyl halides is 3. The van der Waals surface area contributed by atoms with E-state index in [1.165, 1.54) is 30.6 Å². The Morgan fingerprint density at radius 1 is 1.39 bits per heavy atom. The number of aryl methyl sites for hydroxylation is 1. The summed E-state index contributed by atoms with van der Waals surface area (Å²) in [5.74, 6) is -0.821. The molecule has 0 bridgehead atoms. The molecule has 0 spiro atoms. The van der Waals surface area contributed by atoms with Gasteiger partial charge in [0.05, 0.1) is 17.5 Å². The van der Waals surface area contributed by atoms with E-state index < -0.39 is 18.1 Å². The van der Waals surface area contributed by atoms with Crippen LogP contribution in [-0.2, 0) is 6.54 Å². The van der Waals surface area contributed by atoms with Gasteiger partial charge in [0.1, 0.15) is 0 Å². The van der Waals surface area contributed by atoms with Crippen LogP contribution in [0, 0.1) is 6.92 Å². The average molecular weight is 326 g/mol. The number of rotatable bonds is 5. The number of hydrogen-bond donors (Lipinski definition) is 1. The zero-order valence-corrected chi connectivity index (χ0v) is 12.8. The van der Waals surface area contributed by atoms with Crippen molar-refractivity contribution >= 4 is 5.91 Å². The van der Waals surface area contributed by atoms with Gasteiger partial charge in [0, 0.05) is 18.4 Å². The fraction of sp³-hybridized carbons (Fsp3) is 0.400. The lowest BCUT2D eigenvalue weighted by Crippen LogP contribution is -2.38. The number of amides is 1. The summed E-state index contributed by atoms with van der Waals surface area (Å²) in [5.41, 5.74) is 0.405. The van der Waals surface area contributed by atoms with E-state index in [0.717, 1.165) is 6.42 Å². The Bertz CT molecular complexity index is 667. The Balaban J connectivity index is 2.25. The smallest absolute Gasteiger partial charge is 0.335 e. The maximum absolute atomic E-state index is 13.2. The van der Waals surface area contributed by atoms with Crippen molar-refractivity contribution in [3.05, 3.63) is 47.5 Å². The van der Waals surface area contributed by atoms with Gasteiger partial charge in [-0.1, -0.05) is 13.0 Å². The number of halogens is 3. The molecule has 0 radical (unpaired) electrons. The highest BCUT2D eigenvalue weighted by molar-refractivity contribution is 5.95. The molecule has 0 saturated heterocycles. The second-order valence-corrected chi connectivity index (χ2v) is 5.07. The summed E-state index contributed by atoms with van der Waals surface area (Å²) in [7, 11) is 0. The van der Waals surface area contributed by atoms with Gasteiger partial charge in [-0.2, -0.15) is 18.3 Å². The molecule has 0 aliphatic carbocycles. The van der Waals surface area contributed by atoms with Crippen molar-refractivity contribution in [1.82, 2.24) is 20.1 Å². The van der Waals surface area contributed by atoms with Crippen molar-refractivity contribution in [3.8, 4) is 0 Å². The van der Waals surface area contributed by atoms with Crippen LogP contribution in [0.5, 0.6) is 0 Å². The van der Waals surface area contributed by atoms with Gasteiger partial charge in [0.2, 0.25) is 0 Å². The van der Waals surface area contributed by atoms with Gasteiger partial charge in [0.15, 0.2) is 6.04 Å². The first-order chi connectivity index (χ1) is 10.8. The fourth-order valence-electron chi connectivity index (χ4n) is 2.19. The quantitative estimate of drug-likeness (QED) is 0.919. The van der Waals surface area contributed by atoms with E-state index in [0.29, 0.717) is 12.2 Å². The van der Waals surface area contributed by atoms with Crippen LogP contribution in [0.2, 0.25) is 0 Å². The molecule has 0 aromatic carbocycles. The number of aromatic nitrogens is 3. The van der Waals surface area contributed by atoms with Gasteiger partial charge in [-0.3, -0.25) is 14.5 Å². The van der Waals surface area contributed by atoms with Crippen molar-refractivity contribution in [3.63, 3.8) is 0 Å². The second kappa shape index (κ2) is 6.80. The van der Waals surface area contributed by atoms with Gasteiger partial charge in [-0.25, -0.2) is 0 Å². The van der Waals surface area contributed by atoms with Crippen molar-refractivity contribution in [2.45, 2.75) is 39.0 Å². The van der Waals surface area contributed by atoms with Crippen LogP contribution in [0.1, 0.15) is 41.1 Å². The van der Waals surface area contributed by atoms with E-state index in [-0.39, 0.29) is 11.3 Å². The first-order valence-electron chi connectivity index (χ1n) is 7.15. The molecule has 0 aliphatic heterocycles. The molecular weight excluding hydrogens is 309 g/mol. The van der Waals surface area contributed by atoms with Crippen LogP contribution in [0.25, 0.3) is 0 Å². The molecule has 8 heteroatoms. The van der Waals surface area contributed by atoms with Gasteiger partial charge >= 0.3 is 6.18 Å². The molecule has 0 unspecified atom stereocenters. The lowest BCUT2D eigenvalue weighted by Gasteiger charge is -2.21. The van der Waals surface area contributed by atoms with E-state index >= 15 is 0 Å². The zero-order valence-electron chi connectivity index (χ0n) is 12.8. The minimum absolute atomic E-state index is 0.128. The SMILES string of the molecule is CCCn1ncc(C(=O)N[C@H](c2ccccn2)C(F)(F)F)c1C. The molecule has 2 aromatic heterocycles. The Hall–Kier alpha value is -2.38. The van der Waals surface area contributed by atoms with Gasteiger partial charge in [-0.05, 0) is 25.5 Å². The summed E-state index contributed by atoms with van der Waals surface area (Å²) in [6.07, 6.45) is -1.29. The predicted molar refractivity (Wildman–Crippen MR) is 77.8 cm³/mol. The summed E-state index contributed by atoms with van der Waals surface area (Å²) >= 11 is 0. The van der Waals surface area contributed by atoms with E-state index in [4.69, 9.17) is 0 Å². The molecule has 1 N–H and O–H groups in total. The van der Waals surface area contributed by atoms with Crippen molar-refractivity contribution < 1.29 is 18.0 Å². The van der Waals surface area contributed by atoms with E-state index in [1.54, 1.807) is 11.6 Å². The molecule has 0 saturated carbocycles. The van der Waals surface area contributed by atoms with Gasteiger partial charge in [-0.15, -0.1) is 0 Å². The number of carbonyl (C=O) groups is 1. The van der Waals surface area contributed by atoms with E-state index in [9.17, 15) is 18.0 Å². The monoisotopic (exact) mass is 326 g/mol. The largest absolute Gasteiger partial charge is 0.414 e. The Morgan fingerprint density at radius 3 is 2.70 bits per heavy atom. The summed E-state index contributed by atoms with van der Waals surface area (Å²) in [5, 5.41) is 6.03. The third-order valence-corrected chi connectivity index (χ3v) is 3.37. The Morgan fingerprint density at radius 2 is 2.13 bits per heavy atom. The topological polar surface area (TPSA) is 59.8 Å². The van der Waals surface area contributed by atoms with Crippen LogP contribution < -0.4 is 5.32 Å². The number of pyridine rings is 1. The first-order valence-corrected chi connectivity index (χ1v) is 7.15. The molecule has 2 rings (SSSR count). The summed E-state index contributed by atoms with van der Waals surface area (Å²) < 4.78 is 41.3. The maximum Gasteiger partial charge on any atom is 0.414 e. The fourth-order valence-corrected chi connectivity index (χ4v) is 2.19. The Labute approximate surface area is 131 Å². The molecule has 1 atom stereocenters. The average Bonchev–Trinajstić information content (AvgIpc) is 2.86. The van der Waals surface area contributed by atoms with Crippen LogP contribution in [0.15, 0.2) is 30.6 Å². The van der Waals surface area contributed by atoms with E-state index in [2.05, 4.69) is 10.1 Å². The highest BCUT2D eigenvalue weighted by atomic mass is 19.4. The van der Waals surface area contributed by atoms with Gasteiger partial charge < -0.3 is 5.32 Å². The molecule has 5 nitrogen and oxygen atoms in total. The van der Waals surface area contributed by atoms with Crippen LogP contribution in [-0.4, -0.2) is 26.8 Å². The number of hydrogen-bond acceptors (Lipinski definition) is 3. The van der Waals surface area contributed by atoms with Gasteiger partial charge in [0.25, 0.3) is 5.91 Å². The minimum Gasteiger partial charge on any atom is -0.335 e. The third kappa shape index (κ3) is 3.88. The van der Waals surface area contributed by atoms with Crippen LogP contribution in [0.3, 0.4) is 0 Å². The van der Waals surface area contributed by atoms with Crippen LogP contribution >= 0.6 is 0 Å². The maximum atomic E-state index is 13.2. The zero-order chi connectivity index (χ0) is 17.0. The highest BCUT2D eigenvalue weighted by Gasteiger charge is 2.43. The molecule has 0 fully saturated rings. The lowest BCUT2D eigenvalue weighted by atomic mass is 10.1. The molecule has 2 heterocycles. The Kier molecular flexibility index (Phi) is 5.02. The van der Waals surface area contributed by atoms with Crippen molar-refractivity contribution in [2.75, 3.05) is 0 Å². The van der Waals surface area contributed by atoms with Crippen molar-refractivity contribution in [1.29, 1.82) is 0 Å². The number of nitrogens with one attached hydrogen (secondary N) is 1. The predicted octanol–water partition coefficient (Wildman–Crippen LogP) is 3.03. The lowest BCUT2D eigenvalue weighted by molar-refractivity contribution is -0.156. The number of nitrogens with zero attached hydrogens (tertiary/aromatic N) is 3. The third-order valence-electron chi connectivity index (χ3n) is 3.37. The standard InChI is InChI=1S/C15H17F3N4O/c1-3-8-22-10(2)11(9-20-22)14(23)21-13(15(16,17)18)12-6-4-5-7-19-12/h4-7,9,13H,3,8H2,1-2H3,(H,21,23)/t13-/m1/s1. The van der Waals surface area contributed by atoms with Crippen LogP contribution in [0.4, 0.5) is 13.2 Å². The molecule has 1 amide bonds. The first kappa shape index (κ1) is 17.0. The minimum atomic E-state index is -4.64. The molecule has 124 valence electrons. The molecule has 23 heavy (non-hydrogen) atoms. The second-order valence-electron chi connectivity index (χ2n) is 5.07. The summed E-state index contributed by atoms with van der Waals surface area (Å²) in [4.78, 5) is 15.9. The summed E-state index contributed by atoms with van der Waals surface area (Å²) in [6.45, 7) is 4.20. The highest BCUT2D eigenvalue weighted by Crippen LogP contribution is 2.31.